The molecular formula is C52H64N12O6S. The number of fused-ring (bicyclic) bond motifs is 2. The van der Waals surface area contributed by atoms with Crippen LogP contribution in [0.4, 0.5) is 17.5 Å². The van der Waals surface area contributed by atoms with E-state index in [1.165, 1.54) is 4.90 Å². The van der Waals surface area contributed by atoms with Crippen molar-refractivity contribution in [1.82, 2.24) is 45.6 Å². The quantitative estimate of drug-likeness (QED) is 0.104. The third kappa shape index (κ3) is 10.7. The van der Waals surface area contributed by atoms with Crippen LogP contribution in [0.25, 0.3) is 21.7 Å². The molecule has 71 heavy (non-hydrogen) atoms. The highest BCUT2D eigenvalue weighted by molar-refractivity contribution is 7.13. The molecule has 19 heteroatoms. The monoisotopic (exact) mass is 984 g/mol. The summed E-state index contributed by atoms with van der Waals surface area (Å²) < 4.78 is 0. The van der Waals surface area contributed by atoms with Crippen molar-refractivity contribution in [3.63, 3.8) is 0 Å². The van der Waals surface area contributed by atoms with Crippen molar-refractivity contribution in [2.75, 3.05) is 42.2 Å². The number of para-hydroxylation sites is 1. The lowest BCUT2D eigenvalue weighted by molar-refractivity contribution is -0.145. The van der Waals surface area contributed by atoms with Gasteiger partial charge in [0, 0.05) is 93.6 Å². The fourth-order valence-electron chi connectivity index (χ4n) is 10.8. The normalized spacial score (nSPS) is 22.5. The minimum atomic E-state index is -0.938. The molecule has 1 aliphatic carbocycles. The Kier molecular flexibility index (Phi) is 14.3. The van der Waals surface area contributed by atoms with E-state index in [9.17, 15) is 29.4 Å². The SMILES string of the molecule is Cc1ncsc1-c1ccc(CNC(=O)[C@@H]2C[C@@H](O)CN2C(=O)[C@@H](NC(=O)[C@H]2CC[C@H](C(=O)N(C)Cc3cnc(N4C5CCC4CN(c4cc(-c6ccccc6O)nnc4N)C5)nc3)CC2)C(C)(C)C)cc1. The van der Waals surface area contributed by atoms with Crippen LogP contribution in [0.1, 0.15) is 82.5 Å². The number of thiazole rings is 1. The van der Waals surface area contributed by atoms with E-state index >= 15 is 0 Å². The molecule has 5 aromatic rings. The van der Waals surface area contributed by atoms with Crippen LogP contribution in [0.15, 0.2) is 72.5 Å². The Bertz CT molecular complexity index is 2730. The number of aryl methyl sites for hydroxylation is 1. The van der Waals surface area contributed by atoms with Crippen molar-refractivity contribution >= 4 is 52.4 Å². The fraction of sp³-hybridized carbons (Fsp3) is 0.481. The number of aromatic nitrogens is 5. The van der Waals surface area contributed by atoms with Crippen LogP contribution in [0.5, 0.6) is 5.75 Å². The van der Waals surface area contributed by atoms with Crippen LogP contribution >= 0.6 is 11.3 Å². The number of nitrogens with one attached hydrogen (secondary N) is 2. The van der Waals surface area contributed by atoms with Crippen LogP contribution in [0.3, 0.4) is 0 Å². The van der Waals surface area contributed by atoms with Gasteiger partial charge in [0.05, 0.1) is 33.6 Å². The van der Waals surface area contributed by atoms with Gasteiger partial charge in [0.25, 0.3) is 0 Å². The first kappa shape index (κ1) is 49.3. The first-order valence-electron chi connectivity index (χ1n) is 24.6. The Morgan fingerprint density at radius 1 is 0.873 bits per heavy atom. The molecule has 0 spiro atoms. The van der Waals surface area contributed by atoms with Crippen LogP contribution in [-0.2, 0) is 32.3 Å². The fourth-order valence-corrected chi connectivity index (χ4v) is 11.6. The van der Waals surface area contributed by atoms with Gasteiger partial charge in [0.15, 0.2) is 5.82 Å². The summed E-state index contributed by atoms with van der Waals surface area (Å²) in [5.41, 5.74) is 13.1. The predicted octanol–water partition coefficient (Wildman–Crippen LogP) is 5.08. The van der Waals surface area contributed by atoms with E-state index in [0.29, 0.717) is 68.3 Å². The smallest absolute Gasteiger partial charge is 0.246 e. The van der Waals surface area contributed by atoms with Crippen molar-refractivity contribution in [2.24, 2.45) is 17.3 Å². The zero-order chi connectivity index (χ0) is 50.1. The topological polar surface area (TPSA) is 236 Å². The Hall–Kier alpha value is -6.73. The molecule has 374 valence electrons. The Balaban J connectivity index is 0.749. The maximum atomic E-state index is 14.3. The van der Waals surface area contributed by atoms with Crippen LogP contribution < -0.4 is 26.2 Å². The number of hydrogen-bond donors (Lipinski definition) is 5. The zero-order valence-corrected chi connectivity index (χ0v) is 41.8. The van der Waals surface area contributed by atoms with E-state index in [4.69, 9.17) is 15.7 Å². The molecule has 6 heterocycles. The number of β-amino-alcohol motifs (C(OH)–C–C–N with tert-alkyl or cyclic N) is 1. The molecule has 2 aromatic carbocycles. The molecule has 9 rings (SSSR count). The van der Waals surface area contributed by atoms with Gasteiger partial charge < -0.3 is 46.2 Å². The van der Waals surface area contributed by atoms with E-state index in [2.05, 4.69) is 35.6 Å². The molecule has 18 nitrogen and oxygen atoms in total. The maximum Gasteiger partial charge on any atom is 0.246 e. The van der Waals surface area contributed by atoms with Gasteiger partial charge in [-0.2, -0.15) is 0 Å². The summed E-state index contributed by atoms with van der Waals surface area (Å²) in [6.45, 7) is 9.58. The summed E-state index contributed by atoms with van der Waals surface area (Å²) in [6.07, 6.45) is 6.81. The van der Waals surface area contributed by atoms with Crippen LogP contribution in [-0.4, -0.2) is 126 Å². The molecule has 2 bridgehead atoms. The largest absolute Gasteiger partial charge is 0.507 e. The number of hydrogen-bond acceptors (Lipinski definition) is 15. The summed E-state index contributed by atoms with van der Waals surface area (Å²) >= 11 is 1.57. The molecule has 0 radical (unpaired) electrons. The number of anilines is 3. The van der Waals surface area contributed by atoms with Crippen LogP contribution in [0, 0.1) is 24.2 Å². The summed E-state index contributed by atoms with van der Waals surface area (Å²) in [7, 11) is 1.78. The number of rotatable bonds is 13. The molecule has 2 unspecified atom stereocenters. The number of nitrogen functional groups attached to an aromatic ring is 1. The number of aliphatic hydroxyl groups excluding tert-OH is 1. The third-order valence-electron chi connectivity index (χ3n) is 14.7. The molecule has 4 aliphatic rings. The van der Waals surface area contributed by atoms with Gasteiger partial charge in [0.2, 0.25) is 29.6 Å². The van der Waals surface area contributed by atoms with Crippen molar-refractivity contribution < 1.29 is 29.4 Å². The van der Waals surface area contributed by atoms with Gasteiger partial charge >= 0.3 is 0 Å². The van der Waals surface area contributed by atoms with Gasteiger partial charge in [-0.3, -0.25) is 19.2 Å². The number of carbonyl (C=O) groups excluding carboxylic acids is 4. The number of amides is 4. The van der Waals surface area contributed by atoms with Crippen molar-refractivity contribution in [1.29, 1.82) is 0 Å². The second-order valence-electron chi connectivity index (χ2n) is 20.7. The van der Waals surface area contributed by atoms with E-state index in [-0.39, 0.29) is 66.9 Å². The predicted molar refractivity (Wildman–Crippen MR) is 271 cm³/mol. The Labute approximate surface area is 418 Å². The van der Waals surface area contributed by atoms with Crippen LogP contribution in [0.2, 0.25) is 0 Å². The number of likely N-dealkylation sites (tertiary alicyclic amines) is 1. The second kappa shape index (κ2) is 20.5. The van der Waals surface area contributed by atoms with E-state index in [1.54, 1.807) is 53.9 Å². The van der Waals surface area contributed by atoms with Gasteiger partial charge in [-0.15, -0.1) is 21.5 Å². The lowest BCUT2D eigenvalue weighted by Crippen LogP contribution is -2.58. The molecule has 4 amide bonds. The Morgan fingerprint density at radius 3 is 2.20 bits per heavy atom. The molecule has 3 saturated heterocycles. The number of aliphatic hydroxyl groups is 1. The Morgan fingerprint density at radius 2 is 1.55 bits per heavy atom. The number of benzene rings is 2. The minimum absolute atomic E-state index is 0.000271. The van der Waals surface area contributed by atoms with Gasteiger partial charge in [-0.25, -0.2) is 15.0 Å². The van der Waals surface area contributed by atoms with E-state index < -0.39 is 29.5 Å². The van der Waals surface area contributed by atoms with E-state index in [0.717, 1.165) is 45.8 Å². The summed E-state index contributed by atoms with van der Waals surface area (Å²) in [5.74, 6) is -0.533. The lowest BCUT2D eigenvalue weighted by Gasteiger charge is -2.42. The summed E-state index contributed by atoms with van der Waals surface area (Å²) in [6, 6.07) is 15.3. The van der Waals surface area contributed by atoms with E-state index in [1.807, 2.05) is 69.6 Å². The minimum Gasteiger partial charge on any atom is -0.507 e. The lowest BCUT2D eigenvalue weighted by atomic mass is 9.80. The first-order valence-corrected chi connectivity index (χ1v) is 25.5. The van der Waals surface area contributed by atoms with Gasteiger partial charge in [-0.1, -0.05) is 57.2 Å². The zero-order valence-electron chi connectivity index (χ0n) is 41.0. The molecule has 1 saturated carbocycles. The highest BCUT2D eigenvalue weighted by Gasteiger charge is 2.46. The molecule has 6 N–H and O–H groups in total. The number of phenols is 1. The average Bonchev–Trinajstić information content (AvgIpc) is 4.05. The maximum absolute atomic E-state index is 14.3. The standard InChI is InChI=1S/C52H64N12O6S/c1-30-44(71-29-57-30)33-12-10-31(11-13-33)22-54-48(68)42-20-38(65)28-63(42)50(70)45(52(2,3)4)58-47(67)34-14-16-35(17-15-34)49(69)61(5)25-32-23-55-51(56-24-32)64-36-18-19-37(64)27-62(26-36)41-21-40(59-60-46(41)53)39-8-6-7-9-43(39)66/h6-13,21,23-24,29,34-38,42,45,65-66H,14-20,22,25-28H2,1-5H3,(H2,53,60)(H,54,68)(H,58,67)/t34-,35-,36?,37?,38-,42+,45-/m1/s1. The third-order valence-corrected chi connectivity index (χ3v) is 15.6. The molecule has 3 aliphatic heterocycles. The highest BCUT2D eigenvalue weighted by atomic mass is 32.1. The molecule has 5 atom stereocenters. The number of phenolic OH excluding ortho intramolecular Hbond substituents is 1. The van der Waals surface area contributed by atoms with Gasteiger partial charge in [0.1, 0.15) is 17.8 Å². The molecule has 3 aromatic heterocycles. The molecule has 4 fully saturated rings. The number of piperazine rings is 1. The average molecular weight is 985 g/mol. The highest BCUT2D eigenvalue weighted by Crippen LogP contribution is 2.39. The second-order valence-corrected chi connectivity index (χ2v) is 21.6. The number of carbonyl (C=O) groups is 4. The summed E-state index contributed by atoms with van der Waals surface area (Å²) in [4.78, 5) is 78.2. The number of nitrogens with two attached hydrogens (primary N) is 1. The van der Waals surface area contributed by atoms with Crippen molar-refractivity contribution in [2.45, 2.75) is 116 Å². The first-order chi connectivity index (χ1) is 34.0. The molecular weight excluding hydrogens is 921 g/mol. The van der Waals surface area contributed by atoms with Crippen molar-refractivity contribution in [3.05, 3.63) is 89.3 Å². The summed E-state index contributed by atoms with van der Waals surface area (Å²) in [5, 5.41) is 35.6. The van der Waals surface area contributed by atoms with Crippen molar-refractivity contribution in [3.8, 4) is 27.4 Å². The van der Waals surface area contributed by atoms with Gasteiger partial charge in [-0.05, 0) is 80.2 Å². The number of nitrogens with zero attached hydrogens (tertiary/aromatic N) is 9. The number of aromatic hydroxyl groups is 1.